The Morgan fingerprint density at radius 3 is 2.56 bits per heavy atom. The van der Waals surface area contributed by atoms with Crippen molar-refractivity contribution < 1.29 is 24.2 Å². The minimum atomic E-state index is -1.86. The number of nitrogens with zero attached hydrogens (tertiary/aromatic N) is 2. The molecule has 36 heavy (non-hydrogen) atoms. The zero-order valence-corrected chi connectivity index (χ0v) is 21.1. The molecule has 4 rings (SSSR count). The largest absolute Gasteiger partial charge is 0.380 e. The first kappa shape index (κ1) is 26.2. The van der Waals surface area contributed by atoms with Crippen molar-refractivity contribution in [3.05, 3.63) is 76.5 Å². The zero-order valence-electron chi connectivity index (χ0n) is 20.3. The number of carbonyl (C=O) groups is 2. The van der Waals surface area contributed by atoms with Gasteiger partial charge < -0.3 is 25.3 Å². The molecule has 3 N–H and O–H groups in total. The molecule has 0 spiro atoms. The number of hydrogen-bond donors (Lipinski definition) is 3. The summed E-state index contributed by atoms with van der Waals surface area (Å²) in [7, 11) is 0. The van der Waals surface area contributed by atoms with E-state index in [4.69, 9.17) is 0 Å². The molecule has 192 valence electrons. The number of halogens is 1. The van der Waals surface area contributed by atoms with Gasteiger partial charge in [0, 0.05) is 43.4 Å². The third-order valence-corrected chi connectivity index (χ3v) is 7.77. The fourth-order valence-corrected chi connectivity index (χ4v) is 5.67. The van der Waals surface area contributed by atoms with Crippen LogP contribution in [-0.4, -0.2) is 77.6 Å². The number of carbonyl (C=O) groups excluding carboxylic acids is 2. The van der Waals surface area contributed by atoms with E-state index >= 15 is 0 Å². The SMILES string of the molecule is Cc1cccc(CC2C=C(CNC(=O)[C@H](O)[C@@H](O)C(=O)N3CCN(c4ccccc4F)CC3)SC2)c1. The van der Waals surface area contributed by atoms with Gasteiger partial charge in [-0.2, -0.15) is 0 Å². The van der Waals surface area contributed by atoms with Gasteiger partial charge in [-0.05, 0) is 37.0 Å². The highest BCUT2D eigenvalue weighted by Crippen LogP contribution is 2.31. The predicted molar refractivity (Wildman–Crippen MR) is 139 cm³/mol. The molecular weight excluding hydrogens is 481 g/mol. The molecule has 1 unspecified atom stereocenters. The molecule has 1 fully saturated rings. The molecule has 2 aromatic rings. The van der Waals surface area contributed by atoms with Gasteiger partial charge in [-0.15, -0.1) is 11.8 Å². The molecule has 0 radical (unpaired) electrons. The number of thioether (sulfide) groups is 1. The van der Waals surface area contributed by atoms with Crippen LogP contribution in [0.15, 0.2) is 59.5 Å². The second kappa shape index (κ2) is 11.9. The van der Waals surface area contributed by atoms with Crippen molar-refractivity contribution in [1.82, 2.24) is 10.2 Å². The number of aryl methyl sites for hydroxylation is 1. The number of allylic oxidation sites excluding steroid dienone is 1. The highest BCUT2D eigenvalue weighted by Gasteiger charge is 2.35. The number of aliphatic hydroxyl groups is 2. The number of anilines is 1. The molecule has 0 saturated carbocycles. The summed E-state index contributed by atoms with van der Waals surface area (Å²) >= 11 is 1.66. The van der Waals surface area contributed by atoms with Crippen molar-refractivity contribution in [2.75, 3.05) is 43.4 Å². The third kappa shape index (κ3) is 6.46. The average molecular weight is 514 g/mol. The van der Waals surface area contributed by atoms with Crippen molar-refractivity contribution >= 4 is 29.3 Å². The van der Waals surface area contributed by atoms with E-state index in [2.05, 4.69) is 42.6 Å². The van der Waals surface area contributed by atoms with Crippen molar-refractivity contribution in [3.8, 4) is 0 Å². The minimum Gasteiger partial charge on any atom is -0.380 e. The van der Waals surface area contributed by atoms with E-state index in [0.717, 1.165) is 17.1 Å². The summed E-state index contributed by atoms with van der Waals surface area (Å²) < 4.78 is 14.0. The maximum Gasteiger partial charge on any atom is 0.254 e. The van der Waals surface area contributed by atoms with Crippen molar-refractivity contribution in [2.24, 2.45) is 5.92 Å². The Labute approximate surface area is 215 Å². The number of benzene rings is 2. The van der Waals surface area contributed by atoms with E-state index in [-0.39, 0.29) is 25.5 Å². The number of amides is 2. The fraction of sp³-hybridized carbons (Fsp3) is 0.407. The summed E-state index contributed by atoms with van der Waals surface area (Å²) in [6.07, 6.45) is -0.663. The van der Waals surface area contributed by atoms with Crippen LogP contribution in [-0.2, 0) is 16.0 Å². The maximum atomic E-state index is 14.0. The quantitative estimate of drug-likeness (QED) is 0.501. The first-order valence-corrected chi connectivity index (χ1v) is 13.1. The topological polar surface area (TPSA) is 93.1 Å². The third-order valence-electron chi connectivity index (χ3n) is 6.53. The zero-order chi connectivity index (χ0) is 25.7. The Morgan fingerprint density at radius 1 is 1.08 bits per heavy atom. The van der Waals surface area contributed by atoms with E-state index in [1.165, 1.54) is 22.1 Å². The van der Waals surface area contributed by atoms with E-state index in [1.807, 2.05) is 4.90 Å². The summed E-state index contributed by atoms with van der Waals surface area (Å²) in [5, 5.41) is 23.3. The van der Waals surface area contributed by atoms with E-state index in [9.17, 15) is 24.2 Å². The van der Waals surface area contributed by atoms with Crippen LogP contribution in [0.5, 0.6) is 0 Å². The van der Waals surface area contributed by atoms with Gasteiger partial charge in [-0.25, -0.2) is 4.39 Å². The van der Waals surface area contributed by atoms with Crippen LogP contribution in [0.4, 0.5) is 10.1 Å². The Bertz CT molecular complexity index is 1120. The molecule has 9 heteroatoms. The molecule has 0 aliphatic carbocycles. The summed E-state index contributed by atoms with van der Waals surface area (Å²) in [5.41, 5.74) is 2.96. The first-order valence-electron chi connectivity index (χ1n) is 12.1. The Morgan fingerprint density at radius 2 is 1.83 bits per heavy atom. The molecule has 1 saturated heterocycles. The van der Waals surface area contributed by atoms with Gasteiger partial charge >= 0.3 is 0 Å². The van der Waals surface area contributed by atoms with Gasteiger partial charge in [0.25, 0.3) is 11.8 Å². The fourth-order valence-electron chi connectivity index (χ4n) is 4.56. The molecule has 2 aliphatic heterocycles. The Kier molecular flexibility index (Phi) is 8.66. The highest BCUT2D eigenvalue weighted by atomic mass is 32.2. The van der Waals surface area contributed by atoms with Crippen molar-refractivity contribution in [2.45, 2.75) is 25.6 Å². The molecule has 7 nitrogen and oxygen atoms in total. The molecule has 3 atom stereocenters. The Hall–Kier alpha value is -2.88. The normalized spacial score (nSPS) is 19.6. The monoisotopic (exact) mass is 513 g/mol. The lowest BCUT2D eigenvalue weighted by Crippen LogP contribution is -2.55. The minimum absolute atomic E-state index is 0.243. The smallest absolute Gasteiger partial charge is 0.254 e. The van der Waals surface area contributed by atoms with Crippen LogP contribution in [0.1, 0.15) is 11.1 Å². The Balaban J connectivity index is 1.23. The molecule has 2 amide bonds. The number of piperazine rings is 1. The number of nitrogens with one attached hydrogen (secondary N) is 1. The van der Waals surface area contributed by atoms with Crippen LogP contribution in [0, 0.1) is 18.7 Å². The number of hydrogen-bond acceptors (Lipinski definition) is 6. The van der Waals surface area contributed by atoms with Crippen LogP contribution >= 0.6 is 11.8 Å². The van der Waals surface area contributed by atoms with Gasteiger partial charge in [-0.1, -0.05) is 48.0 Å². The van der Waals surface area contributed by atoms with Crippen molar-refractivity contribution in [1.29, 1.82) is 0 Å². The van der Waals surface area contributed by atoms with E-state index in [0.29, 0.717) is 24.7 Å². The number of para-hydroxylation sites is 1. The molecule has 2 heterocycles. The predicted octanol–water partition coefficient (Wildman–Crippen LogP) is 2.11. The standard InChI is InChI=1S/C27H32FN3O4S/c1-18-5-4-6-19(13-18)14-20-15-21(36-17-20)16-29-26(34)24(32)25(33)27(35)31-11-9-30(10-12-31)23-8-3-2-7-22(23)28/h2-8,13,15,20,24-25,32-33H,9-12,14,16-17H2,1H3,(H,29,34)/t20?,24-,25-/m1/s1. The first-order chi connectivity index (χ1) is 17.3. The molecule has 0 aromatic heterocycles. The van der Waals surface area contributed by atoms with Crippen molar-refractivity contribution in [3.63, 3.8) is 0 Å². The summed E-state index contributed by atoms with van der Waals surface area (Å²) in [6, 6.07) is 14.8. The van der Waals surface area contributed by atoms with E-state index < -0.39 is 24.0 Å². The second-order valence-corrected chi connectivity index (χ2v) is 10.4. The molecule has 0 bridgehead atoms. The summed E-state index contributed by atoms with van der Waals surface area (Å²) in [6.45, 7) is 3.59. The lowest BCUT2D eigenvalue weighted by molar-refractivity contribution is -0.153. The number of rotatable bonds is 8. The van der Waals surface area contributed by atoms with Crippen LogP contribution in [0.25, 0.3) is 0 Å². The van der Waals surface area contributed by atoms with Gasteiger partial charge in [0.05, 0.1) is 5.69 Å². The summed E-state index contributed by atoms with van der Waals surface area (Å²) in [4.78, 5) is 29.3. The second-order valence-electron chi connectivity index (χ2n) is 9.27. The molecular formula is C27H32FN3O4S. The highest BCUT2D eigenvalue weighted by molar-refractivity contribution is 8.03. The lowest BCUT2D eigenvalue weighted by atomic mass is 9.99. The van der Waals surface area contributed by atoms with Gasteiger partial charge in [-0.3, -0.25) is 9.59 Å². The van der Waals surface area contributed by atoms with Crippen LogP contribution in [0.2, 0.25) is 0 Å². The summed E-state index contributed by atoms with van der Waals surface area (Å²) in [5.74, 6) is -0.546. The number of aliphatic hydroxyl groups excluding tert-OH is 2. The maximum absolute atomic E-state index is 14.0. The van der Waals surface area contributed by atoms with Crippen LogP contribution < -0.4 is 10.2 Å². The van der Waals surface area contributed by atoms with Crippen LogP contribution in [0.3, 0.4) is 0 Å². The van der Waals surface area contributed by atoms with Gasteiger partial charge in [0.1, 0.15) is 5.82 Å². The molecule has 2 aliphatic rings. The molecule has 2 aromatic carbocycles. The van der Waals surface area contributed by atoms with E-state index in [1.54, 1.807) is 30.0 Å². The lowest BCUT2D eigenvalue weighted by Gasteiger charge is -2.37. The van der Waals surface area contributed by atoms with Gasteiger partial charge in [0.15, 0.2) is 12.2 Å². The average Bonchev–Trinajstić information content (AvgIpc) is 3.33. The van der Waals surface area contributed by atoms with Gasteiger partial charge in [0.2, 0.25) is 0 Å².